The molecule has 8 heteroatoms. The van der Waals surface area contributed by atoms with E-state index in [0.717, 1.165) is 0 Å². The van der Waals surface area contributed by atoms with Gasteiger partial charge in [0.2, 0.25) is 0 Å². The van der Waals surface area contributed by atoms with Crippen LogP contribution >= 0.6 is 0 Å². The monoisotopic (exact) mass is 374 g/mol. The van der Waals surface area contributed by atoms with Gasteiger partial charge in [0.15, 0.2) is 0 Å². The molecule has 0 saturated carbocycles. The van der Waals surface area contributed by atoms with Gasteiger partial charge in [-0.25, -0.2) is 0 Å². The van der Waals surface area contributed by atoms with Crippen LogP contribution in [0.25, 0.3) is 0 Å². The van der Waals surface area contributed by atoms with Crippen LogP contribution in [0.15, 0.2) is 82.8 Å². The van der Waals surface area contributed by atoms with Gasteiger partial charge in [0.05, 0.1) is 21.2 Å². The SMILES string of the molecule is O=[N+]([O-])c1cccc(C=Nc2ccc(N=Cc3cccc([N+](=O)[O-])c3)cc2)c1. The van der Waals surface area contributed by atoms with E-state index in [4.69, 9.17) is 0 Å². The van der Waals surface area contributed by atoms with Crippen LogP contribution in [0.4, 0.5) is 22.7 Å². The summed E-state index contributed by atoms with van der Waals surface area (Å²) in [5, 5.41) is 21.6. The van der Waals surface area contributed by atoms with Crippen LogP contribution in [-0.2, 0) is 0 Å². The Balaban J connectivity index is 1.70. The standard InChI is InChI=1S/C20H14N4O4/c25-23(26)19-5-1-3-15(11-19)13-21-17-7-9-18(10-8-17)22-14-16-4-2-6-20(12-16)24(27)28/h1-14H. The van der Waals surface area contributed by atoms with Gasteiger partial charge >= 0.3 is 0 Å². The highest BCUT2D eigenvalue weighted by atomic mass is 16.6. The minimum Gasteiger partial charge on any atom is -0.258 e. The van der Waals surface area contributed by atoms with Gasteiger partial charge in [-0.05, 0) is 35.4 Å². The molecular weight excluding hydrogens is 360 g/mol. The van der Waals surface area contributed by atoms with E-state index >= 15 is 0 Å². The number of nitro groups is 2. The van der Waals surface area contributed by atoms with E-state index in [0.29, 0.717) is 22.5 Å². The maximum Gasteiger partial charge on any atom is 0.270 e. The number of hydrogen-bond acceptors (Lipinski definition) is 6. The Labute approximate surface area is 159 Å². The highest BCUT2D eigenvalue weighted by molar-refractivity contribution is 5.84. The normalized spacial score (nSPS) is 11.1. The molecule has 0 unspecified atom stereocenters. The maximum absolute atomic E-state index is 10.8. The van der Waals surface area contributed by atoms with Gasteiger partial charge in [-0.1, -0.05) is 24.3 Å². The van der Waals surface area contributed by atoms with Crippen LogP contribution in [0, 0.1) is 20.2 Å². The highest BCUT2D eigenvalue weighted by Crippen LogP contribution is 2.20. The molecule has 0 saturated heterocycles. The van der Waals surface area contributed by atoms with Crippen molar-refractivity contribution in [2.45, 2.75) is 0 Å². The van der Waals surface area contributed by atoms with Gasteiger partial charge in [-0.15, -0.1) is 0 Å². The molecule has 0 fully saturated rings. The van der Waals surface area contributed by atoms with Gasteiger partial charge < -0.3 is 0 Å². The van der Waals surface area contributed by atoms with Crippen molar-refractivity contribution in [2.75, 3.05) is 0 Å². The van der Waals surface area contributed by atoms with E-state index in [2.05, 4.69) is 9.98 Å². The molecular formula is C20H14N4O4. The number of benzene rings is 3. The van der Waals surface area contributed by atoms with Crippen molar-refractivity contribution >= 4 is 35.2 Å². The molecule has 0 heterocycles. The lowest BCUT2D eigenvalue weighted by molar-refractivity contribution is -0.385. The van der Waals surface area contributed by atoms with Crippen molar-refractivity contribution in [3.8, 4) is 0 Å². The van der Waals surface area contributed by atoms with Gasteiger partial charge in [-0.3, -0.25) is 30.2 Å². The summed E-state index contributed by atoms with van der Waals surface area (Å²) in [5.41, 5.74) is 2.61. The third-order valence-corrected chi connectivity index (χ3v) is 3.74. The summed E-state index contributed by atoms with van der Waals surface area (Å²) in [6.45, 7) is 0. The second-order valence-electron chi connectivity index (χ2n) is 5.74. The van der Waals surface area contributed by atoms with Crippen LogP contribution in [-0.4, -0.2) is 22.3 Å². The molecule has 0 radical (unpaired) electrons. The number of rotatable bonds is 6. The molecule has 0 N–H and O–H groups in total. The summed E-state index contributed by atoms with van der Waals surface area (Å²) in [7, 11) is 0. The first kappa shape index (κ1) is 18.6. The Morgan fingerprint density at radius 2 is 1.04 bits per heavy atom. The van der Waals surface area contributed by atoms with E-state index < -0.39 is 9.85 Å². The number of nitro benzene ring substituents is 2. The van der Waals surface area contributed by atoms with E-state index in [1.807, 2.05) is 0 Å². The van der Waals surface area contributed by atoms with Crippen molar-refractivity contribution in [1.29, 1.82) is 0 Å². The molecule has 0 bridgehead atoms. The Bertz CT molecular complexity index is 989. The minimum absolute atomic E-state index is 0.00906. The molecule has 3 aromatic carbocycles. The lowest BCUT2D eigenvalue weighted by Crippen LogP contribution is -1.89. The summed E-state index contributed by atoms with van der Waals surface area (Å²) >= 11 is 0. The van der Waals surface area contributed by atoms with Gasteiger partial charge in [0, 0.05) is 36.7 Å². The molecule has 0 aliphatic carbocycles. The Kier molecular flexibility index (Phi) is 5.61. The molecule has 0 spiro atoms. The van der Waals surface area contributed by atoms with Gasteiger partial charge in [0.25, 0.3) is 11.4 Å². The van der Waals surface area contributed by atoms with Crippen molar-refractivity contribution in [3.05, 3.63) is 104 Å². The summed E-state index contributed by atoms with van der Waals surface area (Å²) in [6, 6.07) is 19.4. The average molecular weight is 374 g/mol. The fraction of sp³-hybridized carbons (Fsp3) is 0. The summed E-state index contributed by atoms with van der Waals surface area (Å²) in [4.78, 5) is 29.3. The van der Waals surface area contributed by atoms with Crippen molar-refractivity contribution in [1.82, 2.24) is 0 Å². The average Bonchev–Trinajstić information content (AvgIpc) is 2.72. The summed E-state index contributed by atoms with van der Waals surface area (Å²) < 4.78 is 0. The molecule has 0 aromatic heterocycles. The van der Waals surface area contributed by atoms with E-state index in [1.54, 1.807) is 61.0 Å². The zero-order valence-corrected chi connectivity index (χ0v) is 14.5. The number of non-ortho nitro benzene ring substituents is 2. The minimum atomic E-state index is -0.453. The Morgan fingerprint density at radius 1 is 0.643 bits per heavy atom. The van der Waals surface area contributed by atoms with Crippen LogP contribution in [0.3, 0.4) is 0 Å². The lowest BCUT2D eigenvalue weighted by atomic mass is 10.2. The second-order valence-corrected chi connectivity index (χ2v) is 5.74. The molecule has 0 aliphatic heterocycles. The van der Waals surface area contributed by atoms with Crippen LogP contribution < -0.4 is 0 Å². The number of hydrogen-bond donors (Lipinski definition) is 0. The predicted molar refractivity (Wildman–Crippen MR) is 107 cm³/mol. The topological polar surface area (TPSA) is 111 Å². The Morgan fingerprint density at radius 3 is 1.39 bits per heavy atom. The summed E-state index contributed by atoms with van der Waals surface area (Å²) in [6.07, 6.45) is 3.10. The quantitative estimate of drug-likeness (QED) is 0.343. The first-order chi connectivity index (χ1) is 13.5. The van der Waals surface area contributed by atoms with Gasteiger partial charge in [0.1, 0.15) is 0 Å². The number of nitrogens with zero attached hydrogens (tertiary/aromatic N) is 4. The van der Waals surface area contributed by atoms with E-state index in [-0.39, 0.29) is 11.4 Å². The van der Waals surface area contributed by atoms with Crippen molar-refractivity contribution in [3.63, 3.8) is 0 Å². The zero-order valence-electron chi connectivity index (χ0n) is 14.5. The molecule has 138 valence electrons. The first-order valence-electron chi connectivity index (χ1n) is 8.18. The zero-order chi connectivity index (χ0) is 19.9. The second kappa shape index (κ2) is 8.45. The highest BCUT2D eigenvalue weighted by Gasteiger charge is 2.05. The van der Waals surface area contributed by atoms with Crippen LogP contribution in [0.1, 0.15) is 11.1 Å². The third kappa shape index (κ3) is 4.92. The molecule has 0 aliphatic rings. The molecule has 8 nitrogen and oxygen atoms in total. The largest absolute Gasteiger partial charge is 0.270 e. The predicted octanol–water partition coefficient (Wildman–Crippen LogP) is 5.00. The fourth-order valence-electron chi connectivity index (χ4n) is 2.36. The van der Waals surface area contributed by atoms with Gasteiger partial charge in [-0.2, -0.15) is 0 Å². The van der Waals surface area contributed by atoms with E-state index in [9.17, 15) is 20.2 Å². The van der Waals surface area contributed by atoms with Crippen LogP contribution in [0.2, 0.25) is 0 Å². The smallest absolute Gasteiger partial charge is 0.258 e. The molecule has 28 heavy (non-hydrogen) atoms. The van der Waals surface area contributed by atoms with Crippen LogP contribution in [0.5, 0.6) is 0 Å². The molecule has 0 amide bonds. The van der Waals surface area contributed by atoms with Crippen molar-refractivity contribution in [2.24, 2.45) is 9.98 Å². The number of aliphatic imine (C=N–C) groups is 2. The molecule has 0 atom stereocenters. The third-order valence-electron chi connectivity index (χ3n) is 3.74. The Hall–Kier alpha value is -4.20. The summed E-state index contributed by atoms with van der Waals surface area (Å²) in [5.74, 6) is 0. The molecule has 3 rings (SSSR count). The van der Waals surface area contributed by atoms with E-state index in [1.165, 1.54) is 24.3 Å². The first-order valence-corrected chi connectivity index (χ1v) is 8.18. The van der Waals surface area contributed by atoms with Crippen molar-refractivity contribution < 1.29 is 9.85 Å². The molecule has 3 aromatic rings. The lowest BCUT2D eigenvalue weighted by Gasteiger charge is -1.97. The maximum atomic E-state index is 10.8. The fourth-order valence-corrected chi connectivity index (χ4v) is 2.36.